The van der Waals surface area contributed by atoms with E-state index in [1.807, 2.05) is 0 Å². The van der Waals surface area contributed by atoms with E-state index in [0.717, 1.165) is 11.0 Å². The van der Waals surface area contributed by atoms with Crippen molar-refractivity contribution < 1.29 is 54.6 Å². The van der Waals surface area contributed by atoms with Crippen molar-refractivity contribution in [2.24, 2.45) is 5.92 Å². The molecule has 0 unspecified atom stereocenters. The van der Waals surface area contributed by atoms with Crippen LogP contribution in [0.5, 0.6) is 11.5 Å². The van der Waals surface area contributed by atoms with Crippen LogP contribution in [-0.2, 0) is 29.0 Å². The number of nitrogen functional groups attached to an aromatic ring is 1. The molecule has 17 heteroatoms. The van der Waals surface area contributed by atoms with E-state index in [1.165, 1.54) is 50.6 Å². The number of pyridine rings is 1. The number of carbonyl (C=O) groups is 3. The number of fused-ring (bicyclic) bond motifs is 1. The second kappa shape index (κ2) is 15.0. The van der Waals surface area contributed by atoms with Gasteiger partial charge in [-0.25, -0.2) is 22.6 Å². The van der Waals surface area contributed by atoms with Crippen LogP contribution < -0.4 is 20.5 Å². The van der Waals surface area contributed by atoms with E-state index in [0.29, 0.717) is 16.5 Å². The van der Waals surface area contributed by atoms with E-state index in [2.05, 4.69) is 15.0 Å². The van der Waals surface area contributed by atoms with Crippen molar-refractivity contribution in [1.29, 1.82) is 0 Å². The average Bonchev–Trinajstić information content (AvgIpc) is 3.56. The van der Waals surface area contributed by atoms with Gasteiger partial charge in [-0.05, 0) is 60.7 Å². The number of methoxy groups -OCH3 is 1. The number of nitrogens with zero attached hydrogens (tertiary/aromatic N) is 2. The molecule has 1 saturated heterocycles. The number of amides is 1. The van der Waals surface area contributed by atoms with E-state index in [4.69, 9.17) is 15.2 Å². The van der Waals surface area contributed by atoms with Crippen LogP contribution in [0.2, 0.25) is 0 Å². The lowest BCUT2D eigenvalue weighted by Gasteiger charge is -2.33. The van der Waals surface area contributed by atoms with Gasteiger partial charge in [0.25, 0.3) is 0 Å². The number of anilines is 2. The van der Waals surface area contributed by atoms with Crippen LogP contribution in [0.1, 0.15) is 43.5 Å². The minimum Gasteiger partial charge on any atom is -0.493 e. The van der Waals surface area contributed by atoms with Crippen molar-refractivity contribution in [2.45, 2.75) is 43.4 Å². The van der Waals surface area contributed by atoms with Gasteiger partial charge in [0.1, 0.15) is 17.7 Å². The number of aromatic nitrogens is 1. The van der Waals surface area contributed by atoms with Crippen molar-refractivity contribution in [1.82, 2.24) is 9.88 Å². The summed E-state index contributed by atoms with van der Waals surface area (Å²) in [6.45, 7) is 2.87. The molecule has 3 atom stereocenters. The van der Waals surface area contributed by atoms with Crippen LogP contribution in [0.4, 0.5) is 29.1 Å². The molecule has 2 heterocycles. The molecule has 0 aliphatic carbocycles. The molecular formula is C35H34F4N4O8S. The number of ether oxygens (including phenoxy) is 3. The molecule has 0 radical (unpaired) electrons. The monoisotopic (exact) mass is 746 g/mol. The van der Waals surface area contributed by atoms with Crippen molar-refractivity contribution in [3.05, 3.63) is 83.8 Å². The number of halogens is 4. The summed E-state index contributed by atoms with van der Waals surface area (Å²) in [5.41, 5.74) is 5.97. The normalized spacial score (nSPS) is 16.7. The molecule has 1 aliphatic rings. The largest absolute Gasteiger partial charge is 0.493 e. The lowest BCUT2D eigenvalue weighted by molar-refractivity contribution is -0.203. The molecule has 3 aromatic carbocycles. The summed E-state index contributed by atoms with van der Waals surface area (Å²) in [5, 5.41) is 4.23. The molecule has 0 spiro atoms. The fourth-order valence-corrected chi connectivity index (χ4v) is 7.30. The minimum absolute atomic E-state index is 0.0258. The number of hydrogen-bond donors (Lipinski definition) is 2. The summed E-state index contributed by atoms with van der Waals surface area (Å²) >= 11 is 0. The summed E-state index contributed by atoms with van der Waals surface area (Å²) in [7, 11) is -2.74. The molecular weight excluding hydrogens is 712 g/mol. The number of alkyl halides is 3. The zero-order valence-corrected chi connectivity index (χ0v) is 28.9. The third-order valence-corrected chi connectivity index (χ3v) is 10.4. The number of rotatable bonds is 11. The van der Waals surface area contributed by atoms with E-state index < -0.39 is 63.4 Å². The molecule has 1 fully saturated rings. The lowest BCUT2D eigenvalue weighted by Crippen LogP contribution is -2.41. The highest BCUT2D eigenvalue weighted by Gasteiger charge is 2.49. The Kier molecular flexibility index (Phi) is 10.9. The summed E-state index contributed by atoms with van der Waals surface area (Å²) in [6.07, 6.45) is -4.37. The number of carbonyl (C=O) groups excluding carboxylic acids is 3. The third kappa shape index (κ3) is 7.58. The molecule has 0 saturated carbocycles. The summed E-state index contributed by atoms with van der Waals surface area (Å²) in [5.74, 6) is -7.86. The molecule has 5 rings (SSSR count). The van der Waals surface area contributed by atoms with Crippen LogP contribution in [0.3, 0.4) is 0 Å². The fourth-order valence-electron chi connectivity index (χ4n) is 6.16. The smallest absolute Gasteiger partial charge is 0.491 e. The zero-order valence-electron chi connectivity index (χ0n) is 28.1. The van der Waals surface area contributed by atoms with Gasteiger partial charge < -0.3 is 30.2 Å². The summed E-state index contributed by atoms with van der Waals surface area (Å²) in [6, 6.07) is 11.0. The lowest BCUT2D eigenvalue weighted by atomic mass is 9.93. The average molecular weight is 747 g/mol. The van der Waals surface area contributed by atoms with E-state index >= 15 is 4.39 Å². The standard InChI is InChI=1S/C35H34F4N4O8S/c1-4-50-27-17-24(25(36)18-26(27)49-3)29(42-20-10-11-21-19(16-20)12-14-41-31(21)40)32(44)43-15-13-23(33(45)51-34(46)35(37,38)39)30(43)22-8-6-7-9-28(22)52(47,48)5-2/h6-12,14,16-18,23,29-30,42H,4-5,13,15H2,1-3H3,(H2,40,41)/t23-,29+,30-/m0/s1. The molecule has 276 valence electrons. The summed E-state index contributed by atoms with van der Waals surface area (Å²) in [4.78, 5) is 44.7. The Hall–Kier alpha value is -5.45. The zero-order chi connectivity index (χ0) is 38.0. The number of nitrogens with one attached hydrogen (secondary N) is 1. The first-order valence-electron chi connectivity index (χ1n) is 16.0. The molecule has 0 bridgehead atoms. The Morgan fingerprint density at radius 1 is 1.06 bits per heavy atom. The topological polar surface area (TPSA) is 167 Å². The van der Waals surface area contributed by atoms with Gasteiger partial charge in [0.15, 0.2) is 21.3 Å². The van der Waals surface area contributed by atoms with Crippen LogP contribution >= 0.6 is 0 Å². The highest BCUT2D eigenvalue weighted by molar-refractivity contribution is 7.91. The Bertz CT molecular complexity index is 2130. The third-order valence-electron chi connectivity index (χ3n) is 8.61. The maximum Gasteiger partial charge on any atom is 0.491 e. The summed E-state index contributed by atoms with van der Waals surface area (Å²) < 4.78 is 97.1. The Labute approximate surface area is 295 Å². The van der Waals surface area contributed by atoms with Crippen molar-refractivity contribution in [3.8, 4) is 11.5 Å². The van der Waals surface area contributed by atoms with Crippen LogP contribution in [0, 0.1) is 11.7 Å². The van der Waals surface area contributed by atoms with E-state index in [9.17, 15) is 36.0 Å². The van der Waals surface area contributed by atoms with Gasteiger partial charge in [-0.3, -0.25) is 9.59 Å². The van der Waals surface area contributed by atoms with Gasteiger partial charge in [0, 0.05) is 35.4 Å². The number of hydrogen-bond acceptors (Lipinski definition) is 11. The first kappa shape index (κ1) is 37.8. The maximum atomic E-state index is 16.0. The van der Waals surface area contributed by atoms with Crippen molar-refractivity contribution in [2.75, 3.05) is 37.1 Å². The predicted octanol–water partition coefficient (Wildman–Crippen LogP) is 5.53. The Balaban J connectivity index is 1.67. The van der Waals surface area contributed by atoms with E-state index in [1.54, 1.807) is 31.2 Å². The van der Waals surface area contributed by atoms with Crippen molar-refractivity contribution >= 4 is 50.0 Å². The highest BCUT2D eigenvalue weighted by atomic mass is 32.2. The molecule has 1 aromatic heterocycles. The van der Waals surface area contributed by atoms with Gasteiger partial charge in [0.2, 0.25) is 5.91 Å². The van der Waals surface area contributed by atoms with Crippen LogP contribution in [0.15, 0.2) is 71.8 Å². The second-order valence-corrected chi connectivity index (χ2v) is 13.9. The predicted molar refractivity (Wildman–Crippen MR) is 181 cm³/mol. The van der Waals surface area contributed by atoms with Gasteiger partial charge in [-0.2, -0.15) is 13.2 Å². The maximum absolute atomic E-state index is 16.0. The number of benzene rings is 3. The molecule has 4 aromatic rings. The number of nitrogens with two attached hydrogens (primary N) is 1. The minimum atomic E-state index is -5.51. The van der Waals surface area contributed by atoms with Crippen molar-refractivity contribution in [3.63, 3.8) is 0 Å². The van der Waals surface area contributed by atoms with Gasteiger partial charge >= 0.3 is 18.1 Å². The number of esters is 2. The van der Waals surface area contributed by atoms with Crippen LogP contribution in [-0.4, -0.2) is 68.3 Å². The second-order valence-electron chi connectivity index (χ2n) is 11.7. The fraction of sp³-hybridized carbons (Fsp3) is 0.314. The van der Waals surface area contributed by atoms with Gasteiger partial charge in [-0.1, -0.05) is 25.1 Å². The molecule has 3 N–H and O–H groups in total. The molecule has 12 nitrogen and oxygen atoms in total. The number of likely N-dealkylation sites (tertiary alicyclic amines) is 1. The first-order chi connectivity index (χ1) is 24.6. The Morgan fingerprint density at radius 2 is 1.79 bits per heavy atom. The molecule has 1 aliphatic heterocycles. The number of sulfone groups is 1. The quantitative estimate of drug-likeness (QED) is 0.113. The first-order valence-corrected chi connectivity index (χ1v) is 17.6. The SMILES string of the molecule is CCOc1cc([C@@H](Nc2ccc3c(N)nccc3c2)C(=O)N2CC[C@H](C(=O)OC(=O)C(F)(F)F)[C@@H]2c2ccccc2S(=O)(=O)CC)c(F)cc1OC. The van der Waals surface area contributed by atoms with Gasteiger partial charge in [0.05, 0.1) is 36.3 Å². The highest BCUT2D eigenvalue weighted by Crippen LogP contribution is 2.44. The van der Waals surface area contributed by atoms with Gasteiger partial charge in [-0.15, -0.1) is 0 Å². The van der Waals surface area contributed by atoms with E-state index in [-0.39, 0.29) is 52.9 Å². The molecule has 1 amide bonds. The molecule has 52 heavy (non-hydrogen) atoms. The Morgan fingerprint density at radius 3 is 2.46 bits per heavy atom. The van der Waals surface area contributed by atoms with Crippen LogP contribution in [0.25, 0.3) is 10.8 Å².